The predicted octanol–water partition coefficient (Wildman–Crippen LogP) is 1.99. The summed E-state index contributed by atoms with van der Waals surface area (Å²) in [5.41, 5.74) is 0.778. The number of carbonyl (C=O) groups excluding carboxylic acids is 1. The first-order chi connectivity index (χ1) is 10.2. The minimum atomic E-state index is -0.712. The molecule has 2 aromatic rings. The van der Waals surface area contributed by atoms with Crippen LogP contribution in [-0.2, 0) is 20.8 Å². The van der Waals surface area contributed by atoms with Gasteiger partial charge in [-0.05, 0) is 12.0 Å². The van der Waals surface area contributed by atoms with E-state index in [-0.39, 0.29) is 6.10 Å². The van der Waals surface area contributed by atoms with Crippen LogP contribution in [0.4, 0.5) is 0 Å². The first kappa shape index (κ1) is 15.2. The zero-order valence-corrected chi connectivity index (χ0v) is 12.2. The third-order valence-corrected chi connectivity index (χ3v) is 3.15. The highest BCUT2D eigenvalue weighted by Crippen LogP contribution is 2.19. The normalized spacial score (nSPS) is 13.6. The van der Waals surface area contributed by atoms with Gasteiger partial charge >= 0.3 is 5.97 Å². The van der Waals surface area contributed by atoms with Crippen LogP contribution in [0.25, 0.3) is 0 Å². The first-order valence-electron chi connectivity index (χ1n) is 6.85. The van der Waals surface area contributed by atoms with E-state index in [2.05, 4.69) is 10.1 Å². The van der Waals surface area contributed by atoms with Gasteiger partial charge in [-0.2, -0.15) is 5.10 Å². The maximum Gasteiger partial charge on any atom is 0.340 e. The summed E-state index contributed by atoms with van der Waals surface area (Å²) in [5.74, 6) is -0.393. The van der Waals surface area contributed by atoms with Crippen LogP contribution < -0.4 is 0 Å². The third kappa shape index (κ3) is 4.13. The summed E-state index contributed by atoms with van der Waals surface area (Å²) in [6, 6.07) is 9.30. The average Bonchev–Trinajstić information content (AvgIpc) is 3.01. The van der Waals surface area contributed by atoms with Gasteiger partial charge in [-0.1, -0.05) is 37.3 Å². The Balaban J connectivity index is 2.00. The monoisotopic (exact) mass is 289 g/mol. The molecule has 6 nitrogen and oxygen atoms in total. The van der Waals surface area contributed by atoms with Crippen LogP contribution in [0.2, 0.25) is 0 Å². The molecule has 0 radical (unpaired) electrons. The van der Waals surface area contributed by atoms with E-state index in [1.54, 1.807) is 11.0 Å². The lowest BCUT2D eigenvalue weighted by Crippen LogP contribution is -2.27. The lowest BCUT2D eigenvalue weighted by Gasteiger charge is -2.20. The summed E-state index contributed by atoms with van der Waals surface area (Å²) >= 11 is 0. The van der Waals surface area contributed by atoms with Gasteiger partial charge in [0.15, 0.2) is 6.10 Å². The van der Waals surface area contributed by atoms with E-state index in [1.807, 2.05) is 37.3 Å². The molecule has 0 spiro atoms. The Labute approximate surface area is 123 Å². The van der Waals surface area contributed by atoms with Crippen molar-refractivity contribution in [3.8, 4) is 0 Å². The molecule has 6 heteroatoms. The highest BCUT2D eigenvalue weighted by atomic mass is 16.6. The zero-order chi connectivity index (χ0) is 15.1. The molecule has 0 saturated carbocycles. The van der Waals surface area contributed by atoms with E-state index in [4.69, 9.17) is 9.47 Å². The Morgan fingerprint density at radius 1 is 1.33 bits per heavy atom. The summed E-state index contributed by atoms with van der Waals surface area (Å²) in [5, 5.41) is 4.02. The highest BCUT2D eigenvalue weighted by Gasteiger charge is 2.24. The molecule has 112 valence electrons. The maximum absolute atomic E-state index is 12.3. The molecule has 1 aromatic carbocycles. The molecule has 0 aliphatic carbocycles. The fourth-order valence-corrected chi connectivity index (χ4v) is 2.01. The second-order valence-corrected chi connectivity index (χ2v) is 4.61. The molecule has 0 N–H and O–H groups in total. The van der Waals surface area contributed by atoms with Gasteiger partial charge in [0.05, 0.1) is 6.54 Å². The van der Waals surface area contributed by atoms with Crippen molar-refractivity contribution < 1.29 is 14.3 Å². The van der Waals surface area contributed by atoms with Gasteiger partial charge in [0.25, 0.3) is 0 Å². The van der Waals surface area contributed by atoms with E-state index < -0.39 is 12.1 Å². The van der Waals surface area contributed by atoms with Crippen molar-refractivity contribution in [3.05, 3.63) is 48.5 Å². The van der Waals surface area contributed by atoms with E-state index in [0.717, 1.165) is 5.56 Å². The van der Waals surface area contributed by atoms with Crippen LogP contribution in [0.1, 0.15) is 25.0 Å². The Morgan fingerprint density at radius 3 is 2.67 bits per heavy atom. The topological polar surface area (TPSA) is 66.2 Å². The van der Waals surface area contributed by atoms with Gasteiger partial charge in [0.2, 0.25) is 0 Å². The Morgan fingerprint density at radius 2 is 2.10 bits per heavy atom. The summed E-state index contributed by atoms with van der Waals surface area (Å²) in [7, 11) is 1.50. The van der Waals surface area contributed by atoms with Crippen molar-refractivity contribution >= 4 is 5.97 Å². The van der Waals surface area contributed by atoms with Crippen molar-refractivity contribution in [1.29, 1.82) is 0 Å². The second-order valence-electron chi connectivity index (χ2n) is 4.61. The van der Waals surface area contributed by atoms with Gasteiger partial charge in [-0.15, -0.1) is 0 Å². The summed E-state index contributed by atoms with van der Waals surface area (Å²) < 4.78 is 12.4. The number of methoxy groups -OCH3 is 1. The lowest BCUT2D eigenvalue weighted by molar-refractivity contribution is -0.162. The van der Waals surface area contributed by atoms with Crippen LogP contribution in [0.3, 0.4) is 0 Å². The average molecular weight is 289 g/mol. The first-order valence-corrected chi connectivity index (χ1v) is 6.85. The Bertz CT molecular complexity index is 543. The van der Waals surface area contributed by atoms with E-state index in [0.29, 0.717) is 13.0 Å². The highest BCUT2D eigenvalue weighted by molar-refractivity contribution is 5.76. The largest absolute Gasteiger partial charge is 0.458 e. The summed E-state index contributed by atoms with van der Waals surface area (Å²) in [6.45, 7) is 2.44. The van der Waals surface area contributed by atoms with E-state index in [1.165, 1.54) is 13.4 Å². The van der Waals surface area contributed by atoms with Gasteiger partial charge in [-0.3, -0.25) is 0 Å². The molecule has 1 aromatic heterocycles. The van der Waals surface area contributed by atoms with Crippen LogP contribution in [0, 0.1) is 0 Å². The molecular formula is C15H19N3O3. The Hall–Kier alpha value is -2.21. The number of hydrogen-bond donors (Lipinski definition) is 0. The number of benzene rings is 1. The zero-order valence-electron chi connectivity index (χ0n) is 12.2. The smallest absolute Gasteiger partial charge is 0.340 e. The molecular weight excluding hydrogens is 270 g/mol. The fraction of sp³-hybridized carbons (Fsp3) is 0.400. The molecule has 0 saturated heterocycles. The molecule has 2 rings (SSSR count). The molecule has 1 heterocycles. The maximum atomic E-state index is 12.3. The Kier molecular flexibility index (Phi) is 5.45. The molecule has 0 aliphatic heterocycles. The number of rotatable bonds is 7. The van der Waals surface area contributed by atoms with Crippen molar-refractivity contribution in [1.82, 2.24) is 14.8 Å². The quantitative estimate of drug-likeness (QED) is 0.729. The van der Waals surface area contributed by atoms with Gasteiger partial charge < -0.3 is 9.47 Å². The van der Waals surface area contributed by atoms with Crippen molar-refractivity contribution in [2.24, 2.45) is 0 Å². The van der Waals surface area contributed by atoms with E-state index >= 15 is 0 Å². The SMILES string of the molecule is CC[C@@H](Cn1cncn1)OC(=O)[C@@H](OC)c1ccccc1. The van der Waals surface area contributed by atoms with Gasteiger partial charge in [0, 0.05) is 7.11 Å². The number of carbonyl (C=O) groups is 1. The van der Waals surface area contributed by atoms with Gasteiger partial charge in [0.1, 0.15) is 18.8 Å². The third-order valence-electron chi connectivity index (χ3n) is 3.15. The molecule has 2 atom stereocenters. The van der Waals surface area contributed by atoms with Crippen molar-refractivity contribution in [2.75, 3.05) is 7.11 Å². The summed E-state index contributed by atoms with van der Waals surface area (Å²) in [4.78, 5) is 16.2. The predicted molar refractivity (Wildman–Crippen MR) is 76.4 cm³/mol. The van der Waals surface area contributed by atoms with Crippen molar-refractivity contribution in [2.45, 2.75) is 32.1 Å². The lowest BCUT2D eigenvalue weighted by atomic mass is 10.1. The van der Waals surface area contributed by atoms with Crippen LogP contribution in [0.5, 0.6) is 0 Å². The minimum absolute atomic E-state index is 0.263. The minimum Gasteiger partial charge on any atom is -0.458 e. The molecule has 0 bridgehead atoms. The number of ether oxygens (including phenoxy) is 2. The molecule has 21 heavy (non-hydrogen) atoms. The molecule has 0 unspecified atom stereocenters. The number of hydrogen-bond acceptors (Lipinski definition) is 5. The second kappa shape index (κ2) is 7.54. The van der Waals surface area contributed by atoms with Crippen LogP contribution in [-0.4, -0.2) is 33.9 Å². The van der Waals surface area contributed by atoms with Crippen LogP contribution in [0.15, 0.2) is 43.0 Å². The molecule has 0 amide bonds. The fourth-order valence-electron chi connectivity index (χ4n) is 2.01. The number of nitrogens with zero attached hydrogens (tertiary/aromatic N) is 3. The van der Waals surface area contributed by atoms with E-state index in [9.17, 15) is 4.79 Å². The summed E-state index contributed by atoms with van der Waals surface area (Å²) in [6.07, 6.45) is 2.77. The molecule has 0 fully saturated rings. The molecule has 0 aliphatic rings. The number of esters is 1. The van der Waals surface area contributed by atoms with Crippen LogP contribution >= 0.6 is 0 Å². The number of aromatic nitrogens is 3. The van der Waals surface area contributed by atoms with Gasteiger partial charge in [-0.25, -0.2) is 14.5 Å². The standard InChI is InChI=1S/C15H19N3O3/c1-3-13(9-18-11-16-10-17-18)21-15(19)14(20-2)12-7-5-4-6-8-12/h4-8,10-11,13-14H,3,9H2,1-2H3/t13-,14-/m0/s1. The van der Waals surface area contributed by atoms with Crippen molar-refractivity contribution in [3.63, 3.8) is 0 Å².